The normalized spacial score (nSPS) is 9.95. The van der Waals surface area contributed by atoms with E-state index >= 15 is 0 Å². The number of anilines is 1. The minimum Gasteiger partial charge on any atom is -0.373 e. The van der Waals surface area contributed by atoms with Gasteiger partial charge in [-0.1, -0.05) is 6.07 Å². The molecule has 1 amide bonds. The van der Waals surface area contributed by atoms with E-state index in [-0.39, 0.29) is 5.91 Å². The van der Waals surface area contributed by atoms with E-state index in [4.69, 9.17) is 0 Å². The summed E-state index contributed by atoms with van der Waals surface area (Å²) in [6.07, 6.45) is 4.08. The highest BCUT2D eigenvalue weighted by atomic mass is 16.1. The largest absolute Gasteiger partial charge is 0.373 e. The average Bonchev–Trinajstić information content (AvgIpc) is 2.48. The molecule has 0 radical (unpaired) electrons. The second-order valence-electron chi connectivity index (χ2n) is 4.01. The Balaban J connectivity index is 1.87. The number of hydrogen-bond donors (Lipinski definition) is 2. The molecule has 0 aromatic carbocycles. The van der Waals surface area contributed by atoms with Gasteiger partial charge in [-0.25, -0.2) is 4.98 Å². The summed E-state index contributed by atoms with van der Waals surface area (Å²) in [7, 11) is 1.77. The highest BCUT2D eigenvalue weighted by Crippen LogP contribution is 2.05. The molecule has 0 aliphatic rings. The van der Waals surface area contributed by atoms with Gasteiger partial charge in [-0.05, 0) is 24.3 Å². The summed E-state index contributed by atoms with van der Waals surface area (Å²) in [5, 5.41) is 5.77. The lowest BCUT2D eigenvalue weighted by molar-refractivity contribution is 0.0954. The zero-order chi connectivity index (χ0) is 13.5. The van der Waals surface area contributed by atoms with Crippen molar-refractivity contribution in [2.45, 2.75) is 6.42 Å². The molecule has 19 heavy (non-hydrogen) atoms. The number of pyridine rings is 2. The molecule has 5 heteroatoms. The van der Waals surface area contributed by atoms with Crippen LogP contribution in [0.3, 0.4) is 0 Å². The quantitative estimate of drug-likeness (QED) is 0.850. The van der Waals surface area contributed by atoms with Crippen molar-refractivity contribution >= 4 is 11.7 Å². The molecule has 2 aromatic rings. The van der Waals surface area contributed by atoms with Gasteiger partial charge in [0.05, 0.1) is 0 Å². The van der Waals surface area contributed by atoms with Crippen molar-refractivity contribution < 1.29 is 4.79 Å². The van der Waals surface area contributed by atoms with Gasteiger partial charge in [-0.3, -0.25) is 9.78 Å². The van der Waals surface area contributed by atoms with Crippen LogP contribution < -0.4 is 10.6 Å². The number of carbonyl (C=O) groups is 1. The van der Waals surface area contributed by atoms with E-state index in [0.29, 0.717) is 17.9 Å². The third kappa shape index (κ3) is 3.77. The van der Waals surface area contributed by atoms with E-state index in [1.54, 1.807) is 31.6 Å². The molecule has 98 valence electrons. The fourth-order valence-electron chi connectivity index (χ4n) is 1.66. The van der Waals surface area contributed by atoms with Crippen molar-refractivity contribution in [3.05, 3.63) is 54.0 Å². The lowest BCUT2D eigenvalue weighted by atomic mass is 10.2. The maximum Gasteiger partial charge on any atom is 0.251 e. The molecule has 2 heterocycles. The van der Waals surface area contributed by atoms with Crippen molar-refractivity contribution in [3.8, 4) is 0 Å². The summed E-state index contributed by atoms with van der Waals surface area (Å²) in [5.41, 5.74) is 1.56. The van der Waals surface area contributed by atoms with Crippen LogP contribution in [-0.4, -0.2) is 29.5 Å². The summed E-state index contributed by atoms with van der Waals surface area (Å²) in [5.74, 6) is 0.576. The van der Waals surface area contributed by atoms with Gasteiger partial charge in [0.1, 0.15) is 5.82 Å². The predicted molar refractivity (Wildman–Crippen MR) is 74.1 cm³/mol. The monoisotopic (exact) mass is 256 g/mol. The van der Waals surface area contributed by atoms with Crippen LogP contribution in [0.5, 0.6) is 0 Å². The first-order valence-corrected chi connectivity index (χ1v) is 6.11. The lowest BCUT2D eigenvalue weighted by Gasteiger charge is -2.06. The summed E-state index contributed by atoms with van der Waals surface area (Å²) < 4.78 is 0. The molecular formula is C14H16N4O. The van der Waals surface area contributed by atoms with Crippen molar-refractivity contribution in [2.24, 2.45) is 0 Å². The molecule has 0 atom stereocenters. The van der Waals surface area contributed by atoms with E-state index in [1.165, 1.54) is 0 Å². The third-order valence-electron chi connectivity index (χ3n) is 2.67. The maximum absolute atomic E-state index is 11.9. The van der Waals surface area contributed by atoms with Crippen LogP contribution in [0.1, 0.15) is 16.1 Å². The minimum absolute atomic E-state index is 0.102. The first-order valence-electron chi connectivity index (χ1n) is 6.11. The Morgan fingerprint density at radius 1 is 1.21 bits per heavy atom. The summed E-state index contributed by atoms with van der Waals surface area (Å²) in [6.45, 7) is 0.563. The van der Waals surface area contributed by atoms with Gasteiger partial charge >= 0.3 is 0 Å². The third-order valence-corrected chi connectivity index (χ3v) is 2.67. The van der Waals surface area contributed by atoms with Crippen LogP contribution in [0.2, 0.25) is 0 Å². The van der Waals surface area contributed by atoms with Crippen molar-refractivity contribution in [1.29, 1.82) is 0 Å². The Morgan fingerprint density at radius 2 is 2.11 bits per heavy atom. The molecule has 0 saturated heterocycles. The van der Waals surface area contributed by atoms with Crippen LogP contribution in [-0.2, 0) is 6.42 Å². The Bertz CT molecular complexity index is 542. The Kier molecular flexibility index (Phi) is 4.44. The van der Waals surface area contributed by atoms with Crippen molar-refractivity contribution in [2.75, 3.05) is 18.9 Å². The second kappa shape index (κ2) is 6.49. The van der Waals surface area contributed by atoms with E-state index in [9.17, 15) is 4.79 Å². The van der Waals surface area contributed by atoms with Crippen molar-refractivity contribution in [1.82, 2.24) is 15.3 Å². The number of nitrogens with one attached hydrogen (secondary N) is 2. The number of amides is 1. The highest BCUT2D eigenvalue weighted by molar-refractivity contribution is 5.94. The zero-order valence-corrected chi connectivity index (χ0v) is 10.8. The molecule has 0 bridgehead atoms. The standard InChI is InChI=1S/C14H16N4O/c1-15-13-10-11(5-8-17-13)14(19)18-9-6-12-4-2-3-7-16-12/h2-5,7-8,10H,6,9H2,1H3,(H,15,17)(H,18,19). The first-order chi connectivity index (χ1) is 9.29. The Hall–Kier alpha value is -2.43. The van der Waals surface area contributed by atoms with Crippen LogP contribution in [0.25, 0.3) is 0 Å². The van der Waals surface area contributed by atoms with Crippen LogP contribution >= 0.6 is 0 Å². The number of nitrogens with zero attached hydrogens (tertiary/aromatic N) is 2. The van der Waals surface area contributed by atoms with Crippen molar-refractivity contribution in [3.63, 3.8) is 0 Å². The van der Waals surface area contributed by atoms with E-state index in [0.717, 1.165) is 12.1 Å². The molecule has 5 nitrogen and oxygen atoms in total. The number of aromatic nitrogens is 2. The molecule has 0 spiro atoms. The molecule has 0 aliphatic carbocycles. The smallest absolute Gasteiger partial charge is 0.251 e. The average molecular weight is 256 g/mol. The van der Waals surface area contributed by atoms with Gasteiger partial charge in [0.25, 0.3) is 5.91 Å². The summed E-state index contributed by atoms with van der Waals surface area (Å²) >= 11 is 0. The van der Waals surface area contributed by atoms with Gasteiger partial charge in [0.15, 0.2) is 0 Å². The molecule has 0 unspecified atom stereocenters. The Labute approximate surface area is 112 Å². The van der Waals surface area contributed by atoms with E-state index in [1.807, 2.05) is 18.2 Å². The van der Waals surface area contributed by atoms with Gasteiger partial charge in [0, 0.05) is 43.7 Å². The van der Waals surface area contributed by atoms with Gasteiger partial charge in [-0.15, -0.1) is 0 Å². The van der Waals surface area contributed by atoms with E-state index < -0.39 is 0 Å². The first kappa shape index (κ1) is 13.0. The van der Waals surface area contributed by atoms with Crippen LogP contribution in [0.15, 0.2) is 42.7 Å². The van der Waals surface area contributed by atoms with E-state index in [2.05, 4.69) is 20.6 Å². The molecular weight excluding hydrogens is 240 g/mol. The topological polar surface area (TPSA) is 66.9 Å². The Morgan fingerprint density at radius 3 is 2.84 bits per heavy atom. The molecule has 2 N–H and O–H groups in total. The number of rotatable bonds is 5. The number of carbonyl (C=O) groups excluding carboxylic acids is 1. The molecule has 0 saturated carbocycles. The highest BCUT2D eigenvalue weighted by Gasteiger charge is 2.05. The predicted octanol–water partition coefficient (Wildman–Crippen LogP) is 1.49. The minimum atomic E-state index is -0.102. The fraction of sp³-hybridized carbons (Fsp3) is 0.214. The molecule has 2 aromatic heterocycles. The van der Waals surface area contributed by atoms with Gasteiger partial charge in [0.2, 0.25) is 0 Å². The zero-order valence-electron chi connectivity index (χ0n) is 10.8. The fourth-order valence-corrected chi connectivity index (χ4v) is 1.66. The maximum atomic E-state index is 11.9. The van der Waals surface area contributed by atoms with Crippen LogP contribution in [0.4, 0.5) is 5.82 Å². The molecule has 2 rings (SSSR count). The number of hydrogen-bond acceptors (Lipinski definition) is 4. The SMILES string of the molecule is CNc1cc(C(=O)NCCc2ccccn2)ccn1. The van der Waals surface area contributed by atoms with Crippen LogP contribution in [0, 0.1) is 0 Å². The second-order valence-corrected chi connectivity index (χ2v) is 4.01. The lowest BCUT2D eigenvalue weighted by Crippen LogP contribution is -2.26. The molecule has 0 fully saturated rings. The van der Waals surface area contributed by atoms with Gasteiger partial charge in [-0.2, -0.15) is 0 Å². The summed E-state index contributed by atoms with van der Waals surface area (Å²) in [4.78, 5) is 20.2. The molecule has 0 aliphatic heterocycles. The van der Waals surface area contributed by atoms with Gasteiger partial charge < -0.3 is 10.6 Å². The summed E-state index contributed by atoms with van der Waals surface area (Å²) in [6, 6.07) is 9.16.